The standard InChI is InChI=1S/C21H19BrO7/c1-12(23)28-18-8-4-15(10-14(18)5-9-20(25)27-3)21(26)17-7-6-16(22)11-19(17)29-13(2)24/h4,6-8,10-11H,5,9H2,1-3H3. The molecule has 0 heterocycles. The predicted octanol–water partition coefficient (Wildman–Crippen LogP) is 3.64. The second-order valence-corrected chi connectivity index (χ2v) is 6.97. The first-order valence-electron chi connectivity index (χ1n) is 8.62. The molecule has 0 fully saturated rings. The van der Waals surface area contributed by atoms with Crippen LogP contribution in [0.2, 0.25) is 0 Å². The van der Waals surface area contributed by atoms with Gasteiger partial charge in [0.05, 0.1) is 12.7 Å². The lowest BCUT2D eigenvalue weighted by Gasteiger charge is -2.12. The number of ketones is 1. The van der Waals surface area contributed by atoms with E-state index in [1.807, 2.05) is 0 Å². The zero-order chi connectivity index (χ0) is 21.6. The molecule has 0 aliphatic heterocycles. The van der Waals surface area contributed by atoms with Crippen LogP contribution in [-0.2, 0) is 25.5 Å². The molecule has 29 heavy (non-hydrogen) atoms. The summed E-state index contributed by atoms with van der Waals surface area (Å²) >= 11 is 3.28. The molecule has 0 unspecified atom stereocenters. The minimum Gasteiger partial charge on any atom is -0.469 e. The molecule has 0 saturated heterocycles. The van der Waals surface area contributed by atoms with Crippen molar-refractivity contribution in [3.05, 3.63) is 57.6 Å². The van der Waals surface area contributed by atoms with Crippen molar-refractivity contribution in [1.82, 2.24) is 0 Å². The molecule has 152 valence electrons. The molecule has 2 aromatic rings. The van der Waals surface area contributed by atoms with Gasteiger partial charge in [0.1, 0.15) is 11.5 Å². The highest BCUT2D eigenvalue weighted by atomic mass is 79.9. The molecule has 2 aromatic carbocycles. The summed E-state index contributed by atoms with van der Waals surface area (Å²) in [5.74, 6) is -1.51. The van der Waals surface area contributed by atoms with Gasteiger partial charge in [-0.05, 0) is 48.4 Å². The third-order valence-electron chi connectivity index (χ3n) is 3.84. The SMILES string of the molecule is COC(=O)CCc1cc(C(=O)c2ccc(Br)cc2OC(C)=O)ccc1OC(C)=O. The normalized spacial score (nSPS) is 10.2. The molecule has 7 nitrogen and oxygen atoms in total. The van der Waals surface area contributed by atoms with Crippen LogP contribution in [0.1, 0.15) is 41.8 Å². The smallest absolute Gasteiger partial charge is 0.308 e. The zero-order valence-electron chi connectivity index (χ0n) is 16.1. The number of rotatable bonds is 7. The molecule has 0 aliphatic carbocycles. The Morgan fingerprint density at radius 3 is 2.17 bits per heavy atom. The van der Waals surface area contributed by atoms with Crippen molar-refractivity contribution >= 4 is 39.6 Å². The van der Waals surface area contributed by atoms with Crippen LogP contribution in [0.4, 0.5) is 0 Å². The second kappa shape index (κ2) is 9.97. The molecule has 0 aliphatic rings. The number of ether oxygens (including phenoxy) is 3. The van der Waals surface area contributed by atoms with Crippen molar-refractivity contribution in [3.8, 4) is 11.5 Å². The summed E-state index contributed by atoms with van der Waals surface area (Å²) in [4.78, 5) is 47.2. The third kappa shape index (κ3) is 6.25. The Bertz CT molecular complexity index is 965. The van der Waals surface area contributed by atoms with Gasteiger partial charge in [-0.2, -0.15) is 0 Å². The highest BCUT2D eigenvalue weighted by Crippen LogP contribution is 2.29. The van der Waals surface area contributed by atoms with Crippen LogP contribution < -0.4 is 9.47 Å². The van der Waals surface area contributed by atoms with E-state index in [1.165, 1.54) is 39.2 Å². The average Bonchev–Trinajstić information content (AvgIpc) is 2.65. The van der Waals surface area contributed by atoms with Crippen molar-refractivity contribution in [2.24, 2.45) is 0 Å². The third-order valence-corrected chi connectivity index (χ3v) is 4.34. The first-order chi connectivity index (χ1) is 13.7. The number of carbonyl (C=O) groups excluding carboxylic acids is 4. The van der Waals surface area contributed by atoms with Crippen LogP contribution in [0.3, 0.4) is 0 Å². The van der Waals surface area contributed by atoms with Crippen LogP contribution in [0.5, 0.6) is 11.5 Å². The highest BCUT2D eigenvalue weighted by Gasteiger charge is 2.19. The number of hydrogen-bond acceptors (Lipinski definition) is 7. The Hall–Kier alpha value is -3.00. The van der Waals surface area contributed by atoms with Crippen molar-refractivity contribution < 1.29 is 33.4 Å². The molecule has 2 rings (SSSR count). The number of methoxy groups -OCH3 is 1. The molecule has 0 radical (unpaired) electrons. The summed E-state index contributed by atoms with van der Waals surface area (Å²) in [7, 11) is 1.28. The zero-order valence-corrected chi connectivity index (χ0v) is 17.7. The fourth-order valence-electron chi connectivity index (χ4n) is 2.59. The van der Waals surface area contributed by atoms with E-state index in [4.69, 9.17) is 9.47 Å². The van der Waals surface area contributed by atoms with E-state index >= 15 is 0 Å². The average molecular weight is 463 g/mol. The number of halogens is 1. The van der Waals surface area contributed by atoms with E-state index in [0.29, 0.717) is 10.0 Å². The van der Waals surface area contributed by atoms with Crippen molar-refractivity contribution in [2.45, 2.75) is 26.7 Å². The summed E-state index contributed by atoms with van der Waals surface area (Å²) in [5, 5.41) is 0. The van der Waals surface area contributed by atoms with Crippen LogP contribution in [0, 0.1) is 0 Å². The van der Waals surface area contributed by atoms with Crippen LogP contribution >= 0.6 is 15.9 Å². The van der Waals surface area contributed by atoms with Gasteiger partial charge in [-0.15, -0.1) is 0 Å². The Morgan fingerprint density at radius 1 is 0.897 bits per heavy atom. The maximum absolute atomic E-state index is 13.0. The van der Waals surface area contributed by atoms with E-state index in [9.17, 15) is 19.2 Å². The monoisotopic (exact) mass is 462 g/mol. The molecular formula is C21H19BrO7. The molecule has 0 spiro atoms. The molecule has 0 bridgehead atoms. The highest BCUT2D eigenvalue weighted by molar-refractivity contribution is 9.10. The van der Waals surface area contributed by atoms with Gasteiger partial charge in [0.15, 0.2) is 5.78 Å². The molecule has 8 heteroatoms. The molecule has 0 N–H and O–H groups in total. The van der Waals surface area contributed by atoms with E-state index < -0.39 is 17.9 Å². The van der Waals surface area contributed by atoms with Crippen molar-refractivity contribution in [1.29, 1.82) is 0 Å². The maximum atomic E-state index is 13.0. The van der Waals surface area contributed by atoms with E-state index in [-0.39, 0.29) is 41.3 Å². The largest absolute Gasteiger partial charge is 0.469 e. The summed E-state index contributed by atoms with van der Waals surface area (Å²) in [6, 6.07) is 9.26. The number of aryl methyl sites for hydroxylation is 1. The minimum atomic E-state index is -0.555. The topological polar surface area (TPSA) is 96.0 Å². The number of esters is 3. The van der Waals surface area contributed by atoms with Crippen LogP contribution in [0.15, 0.2) is 40.9 Å². The van der Waals surface area contributed by atoms with Crippen LogP contribution in [-0.4, -0.2) is 30.8 Å². The Labute approximate surface area is 176 Å². The summed E-state index contributed by atoms with van der Waals surface area (Å²) in [6.07, 6.45) is 0.271. The quantitative estimate of drug-likeness (QED) is 0.352. The van der Waals surface area contributed by atoms with Gasteiger partial charge >= 0.3 is 17.9 Å². The molecule has 0 amide bonds. The van der Waals surface area contributed by atoms with Crippen molar-refractivity contribution in [2.75, 3.05) is 7.11 Å². The van der Waals surface area contributed by atoms with Gasteiger partial charge in [-0.3, -0.25) is 19.2 Å². The minimum absolute atomic E-state index is 0.0550. The molecular weight excluding hydrogens is 444 g/mol. The summed E-state index contributed by atoms with van der Waals surface area (Å²) in [5.41, 5.74) is 0.988. The Kier molecular flexibility index (Phi) is 7.67. The Balaban J connectivity index is 2.43. The summed E-state index contributed by atoms with van der Waals surface area (Å²) < 4.78 is 15.6. The van der Waals surface area contributed by atoms with Gasteiger partial charge < -0.3 is 14.2 Å². The first-order valence-corrected chi connectivity index (χ1v) is 9.41. The number of carbonyl (C=O) groups is 4. The van der Waals surface area contributed by atoms with E-state index in [1.54, 1.807) is 18.2 Å². The van der Waals surface area contributed by atoms with Gasteiger partial charge in [0, 0.05) is 30.3 Å². The molecule has 0 saturated carbocycles. The number of hydrogen-bond donors (Lipinski definition) is 0. The number of benzene rings is 2. The molecule has 0 atom stereocenters. The van der Waals surface area contributed by atoms with Crippen molar-refractivity contribution in [3.63, 3.8) is 0 Å². The summed E-state index contributed by atoms with van der Waals surface area (Å²) in [6.45, 7) is 2.50. The fourth-order valence-corrected chi connectivity index (χ4v) is 2.93. The first kappa shape index (κ1) is 22.3. The fraction of sp³-hybridized carbons (Fsp3) is 0.238. The van der Waals surface area contributed by atoms with Gasteiger partial charge in [0.25, 0.3) is 0 Å². The predicted molar refractivity (Wildman–Crippen MR) is 107 cm³/mol. The van der Waals surface area contributed by atoms with Gasteiger partial charge in [-0.1, -0.05) is 15.9 Å². The Morgan fingerprint density at radius 2 is 1.55 bits per heavy atom. The van der Waals surface area contributed by atoms with E-state index in [2.05, 4.69) is 20.7 Å². The second-order valence-electron chi connectivity index (χ2n) is 6.06. The van der Waals surface area contributed by atoms with E-state index in [0.717, 1.165) is 0 Å². The lowest BCUT2D eigenvalue weighted by molar-refractivity contribution is -0.140. The maximum Gasteiger partial charge on any atom is 0.308 e. The van der Waals surface area contributed by atoms with Gasteiger partial charge in [0.2, 0.25) is 0 Å². The lowest BCUT2D eigenvalue weighted by atomic mass is 9.98. The van der Waals surface area contributed by atoms with Crippen LogP contribution in [0.25, 0.3) is 0 Å². The molecule has 0 aromatic heterocycles. The lowest BCUT2D eigenvalue weighted by Crippen LogP contribution is -2.11. The van der Waals surface area contributed by atoms with Gasteiger partial charge in [-0.25, -0.2) is 0 Å².